The number of carbonyl (C=O) groups excluding carboxylic acids is 1. The Morgan fingerprint density at radius 2 is 1.45 bits per heavy atom. The van der Waals surface area contributed by atoms with E-state index in [2.05, 4.69) is 4.72 Å². The first-order chi connectivity index (χ1) is 9.59. The van der Waals surface area contributed by atoms with E-state index in [9.17, 15) is 13.2 Å². The van der Waals surface area contributed by atoms with Crippen LogP contribution in [0.2, 0.25) is 0 Å². The molecule has 0 atom stereocenters. The summed E-state index contributed by atoms with van der Waals surface area (Å²) >= 11 is 0. The lowest BCUT2D eigenvalue weighted by atomic mass is 10.1. The molecule has 2 aliphatic heterocycles. The Labute approximate surface area is 121 Å². The molecule has 0 aliphatic carbocycles. The van der Waals surface area contributed by atoms with Crippen molar-refractivity contribution < 1.29 is 13.2 Å². The molecule has 0 aromatic carbocycles. The molecule has 1 amide bonds. The number of likely N-dealkylation sites (tertiary alicyclic amines) is 1. The molecule has 0 bridgehead atoms. The van der Waals surface area contributed by atoms with E-state index < -0.39 is 10.2 Å². The third kappa shape index (κ3) is 4.43. The second-order valence-corrected chi connectivity index (χ2v) is 7.31. The molecule has 0 saturated carbocycles. The van der Waals surface area contributed by atoms with Crippen molar-refractivity contribution in [2.45, 2.75) is 44.9 Å². The highest BCUT2D eigenvalue weighted by molar-refractivity contribution is 7.87. The van der Waals surface area contributed by atoms with E-state index >= 15 is 0 Å². The minimum atomic E-state index is -3.40. The molecule has 2 fully saturated rings. The van der Waals surface area contributed by atoms with Crippen molar-refractivity contribution in [3.8, 4) is 0 Å². The Kier molecular flexibility index (Phi) is 5.80. The normalized spacial score (nSPS) is 21.9. The lowest BCUT2D eigenvalue weighted by Crippen LogP contribution is -2.44. The average Bonchev–Trinajstić information content (AvgIpc) is 2.49. The molecular weight excluding hydrogens is 278 g/mol. The van der Waals surface area contributed by atoms with Crippen molar-refractivity contribution in [1.29, 1.82) is 0 Å². The summed E-state index contributed by atoms with van der Waals surface area (Å²) in [4.78, 5) is 13.8. The van der Waals surface area contributed by atoms with Crippen LogP contribution >= 0.6 is 0 Å². The van der Waals surface area contributed by atoms with Gasteiger partial charge in [-0.3, -0.25) is 4.79 Å². The summed E-state index contributed by atoms with van der Waals surface area (Å²) in [5.41, 5.74) is 0. The molecule has 2 aliphatic rings. The van der Waals surface area contributed by atoms with Crippen LogP contribution in [0.5, 0.6) is 0 Å². The molecule has 2 rings (SSSR count). The monoisotopic (exact) mass is 303 g/mol. The van der Waals surface area contributed by atoms with Gasteiger partial charge in [0.15, 0.2) is 0 Å². The zero-order valence-electron chi connectivity index (χ0n) is 12.0. The molecule has 20 heavy (non-hydrogen) atoms. The quantitative estimate of drug-likeness (QED) is 0.813. The molecule has 7 heteroatoms. The summed E-state index contributed by atoms with van der Waals surface area (Å²) in [5.74, 6) is 0.0612. The number of carbonyl (C=O) groups is 1. The SMILES string of the molecule is O=C(CCNS(=O)(=O)N1CCCCC1)N1CCCCC1. The number of amides is 1. The summed E-state index contributed by atoms with van der Waals surface area (Å²) in [6, 6.07) is 0. The van der Waals surface area contributed by atoms with Crippen LogP contribution in [0.15, 0.2) is 0 Å². The summed E-state index contributed by atoms with van der Waals surface area (Å²) < 4.78 is 28.1. The zero-order valence-corrected chi connectivity index (χ0v) is 12.8. The molecule has 0 aromatic rings. The first-order valence-corrected chi connectivity index (χ1v) is 9.06. The fourth-order valence-electron chi connectivity index (χ4n) is 2.78. The van der Waals surface area contributed by atoms with Crippen LogP contribution in [0.4, 0.5) is 0 Å². The van der Waals surface area contributed by atoms with E-state index in [1.54, 1.807) is 0 Å². The fourth-order valence-corrected chi connectivity index (χ4v) is 4.07. The van der Waals surface area contributed by atoms with E-state index in [1.807, 2.05) is 4.90 Å². The standard InChI is InChI=1S/C13H25N3O3S/c17-13(15-9-3-1-4-10-15)7-8-14-20(18,19)16-11-5-2-6-12-16/h14H,1-12H2. The third-order valence-corrected chi connectivity index (χ3v) is 5.60. The Bertz CT molecular complexity index is 413. The van der Waals surface area contributed by atoms with Gasteiger partial charge in [-0.25, -0.2) is 4.72 Å². The fraction of sp³-hybridized carbons (Fsp3) is 0.923. The van der Waals surface area contributed by atoms with Gasteiger partial charge < -0.3 is 4.90 Å². The van der Waals surface area contributed by atoms with E-state index in [-0.39, 0.29) is 18.9 Å². The van der Waals surface area contributed by atoms with E-state index in [1.165, 1.54) is 10.7 Å². The van der Waals surface area contributed by atoms with Crippen LogP contribution in [-0.2, 0) is 15.0 Å². The highest BCUT2D eigenvalue weighted by Gasteiger charge is 2.24. The van der Waals surface area contributed by atoms with Crippen molar-refractivity contribution >= 4 is 16.1 Å². The number of nitrogens with zero attached hydrogens (tertiary/aromatic N) is 2. The molecule has 0 unspecified atom stereocenters. The molecule has 0 radical (unpaired) electrons. The first kappa shape index (κ1) is 15.7. The van der Waals surface area contributed by atoms with E-state index in [0.717, 1.165) is 45.2 Å². The third-order valence-electron chi connectivity index (χ3n) is 3.99. The lowest BCUT2D eigenvalue weighted by molar-refractivity contribution is -0.131. The van der Waals surface area contributed by atoms with Gasteiger partial charge in [-0.15, -0.1) is 0 Å². The summed E-state index contributed by atoms with van der Waals surface area (Å²) in [6.07, 6.45) is 6.51. The van der Waals surface area contributed by atoms with Crippen LogP contribution in [-0.4, -0.2) is 56.3 Å². The number of rotatable bonds is 5. The molecular formula is C13H25N3O3S. The summed E-state index contributed by atoms with van der Waals surface area (Å²) in [5, 5.41) is 0. The maximum atomic E-state index is 12.0. The zero-order chi connectivity index (χ0) is 14.4. The molecule has 6 nitrogen and oxygen atoms in total. The lowest BCUT2D eigenvalue weighted by Gasteiger charge is -2.28. The van der Waals surface area contributed by atoms with Crippen LogP contribution in [0.1, 0.15) is 44.9 Å². The van der Waals surface area contributed by atoms with Gasteiger partial charge in [0.25, 0.3) is 10.2 Å². The minimum Gasteiger partial charge on any atom is -0.343 e. The highest BCUT2D eigenvalue weighted by Crippen LogP contribution is 2.12. The Morgan fingerprint density at radius 3 is 2.05 bits per heavy atom. The van der Waals surface area contributed by atoms with Crippen molar-refractivity contribution in [2.75, 3.05) is 32.7 Å². The summed E-state index contributed by atoms with van der Waals surface area (Å²) in [7, 11) is -3.40. The predicted molar refractivity (Wildman–Crippen MR) is 77.4 cm³/mol. The van der Waals surface area contributed by atoms with Gasteiger partial charge in [-0.05, 0) is 32.1 Å². The topological polar surface area (TPSA) is 69.7 Å². The second kappa shape index (κ2) is 7.38. The van der Waals surface area contributed by atoms with Gasteiger partial charge >= 0.3 is 0 Å². The van der Waals surface area contributed by atoms with Crippen molar-refractivity contribution in [3.63, 3.8) is 0 Å². The number of piperidine rings is 2. The van der Waals surface area contributed by atoms with Gasteiger partial charge in [0, 0.05) is 39.1 Å². The van der Waals surface area contributed by atoms with Crippen LogP contribution < -0.4 is 4.72 Å². The van der Waals surface area contributed by atoms with E-state index in [4.69, 9.17) is 0 Å². The van der Waals surface area contributed by atoms with Gasteiger partial charge in [-0.1, -0.05) is 6.42 Å². The number of hydrogen-bond acceptors (Lipinski definition) is 3. The number of hydrogen-bond donors (Lipinski definition) is 1. The van der Waals surface area contributed by atoms with Crippen molar-refractivity contribution in [1.82, 2.24) is 13.9 Å². The highest BCUT2D eigenvalue weighted by atomic mass is 32.2. The van der Waals surface area contributed by atoms with Gasteiger partial charge in [0.1, 0.15) is 0 Å². The molecule has 0 aromatic heterocycles. The van der Waals surface area contributed by atoms with Gasteiger partial charge in [-0.2, -0.15) is 12.7 Å². The second-order valence-electron chi connectivity index (χ2n) is 5.55. The Morgan fingerprint density at radius 1 is 0.900 bits per heavy atom. The average molecular weight is 303 g/mol. The molecule has 2 saturated heterocycles. The largest absolute Gasteiger partial charge is 0.343 e. The summed E-state index contributed by atoms with van der Waals surface area (Å²) in [6.45, 7) is 3.02. The minimum absolute atomic E-state index is 0.0612. The number of nitrogens with one attached hydrogen (secondary N) is 1. The molecule has 2 heterocycles. The van der Waals surface area contributed by atoms with Crippen molar-refractivity contribution in [2.24, 2.45) is 0 Å². The van der Waals surface area contributed by atoms with Crippen LogP contribution in [0, 0.1) is 0 Å². The maximum absolute atomic E-state index is 12.0. The van der Waals surface area contributed by atoms with Crippen LogP contribution in [0.25, 0.3) is 0 Å². The molecule has 1 N–H and O–H groups in total. The van der Waals surface area contributed by atoms with Crippen LogP contribution in [0.3, 0.4) is 0 Å². The van der Waals surface area contributed by atoms with Crippen molar-refractivity contribution in [3.05, 3.63) is 0 Å². The molecule has 116 valence electrons. The Balaban J connectivity index is 1.72. The predicted octanol–water partition coefficient (Wildman–Crippen LogP) is 0.709. The van der Waals surface area contributed by atoms with E-state index in [0.29, 0.717) is 13.1 Å². The van der Waals surface area contributed by atoms with Gasteiger partial charge in [0.05, 0.1) is 0 Å². The first-order valence-electron chi connectivity index (χ1n) is 7.62. The van der Waals surface area contributed by atoms with Gasteiger partial charge in [0.2, 0.25) is 5.91 Å². The Hall–Kier alpha value is -0.660. The molecule has 0 spiro atoms. The smallest absolute Gasteiger partial charge is 0.279 e. The maximum Gasteiger partial charge on any atom is 0.279 e.